The van der Waals surface area contributed by atoms with Crippen LogP contribution in [0.1, 0.15) is 53.2 Å². The molecule has 0 radical (unpaired) electrons. The molecule has 3 aliphatic heterocycles. The van der Waals surface area contributed by atoms with Crippen molar-refractivity contribution in [2.75, 3.05) is 17.6 Å². The van der Waals surface area contributed by atoms with Crippen molar-refractivity contribution < 1.29 is 19.1 Å². The summed E-state index contributed by atoms with van der Waals surface area (Å²) in [5.74, 6) is -2.45. The zero-order valence-electron chi connectivity index (χ0n) is 21.8. The fourth-order valence-electron chi connectivity index (χ4n) is 6.78. The topological polar surface area (TPSA) is 108 Å². The quantitative estimate of drug-likeness (QED) is 0.323. The van der Waals surface area contributed by atoms with E-state index in [0.29, 0.717) is 46.2 Å². The molecule has 3 aromatic carbocycles. The van der Waals surface area contributed by atoms with Crippen LogP contribution in [0.25, 0.3) is 0 Å². The van der Waals surface area contributed by atoms with Gasteiger partial charge in [-0.05, 0) is 41.8 Å². The van der Waals surface area contributed by atoms with Crippen molar-refractivity contribution in [1.82, 2.24) is 4.90 Å². The molecule has 1 spiro atoms. The van der Waals surface area contributed by atoms with Crippen molar-refractivity contribution in [3.05, 3.63) is 92.7 Å². The molecule has 0 aromatic heterocycles. The number of aromatic carboxylic acids is 1. The minimum Gasteiger partial charge on any atom is -0.478 e. The maximum absolute atomic E-state index is 15.9. The van der Waals surface area contributed by atoms with E-state index in [1.54, 1.807) is 30.3 Å². The highest BCUT2D eigenvalue weighted by Crippen LogP contribution is 2.60. The summed E-state index contributed by atoms with van der Waals surface area (Å²) in [6.07, 6.45) is 0.449. The minimum absolute atomic E-state index is 0.0306. The molecule has 0 bridgehead atoms. The highest BCUT2D eigenvalue weighted by atomic mass is 35.5. The highest BCUT2D eigenvalue weighted by Gasteiger charge is 2.68. The van der Waals surface area contributed by atoms with Gasteiger partial charge in [-0.1, -0.05) is 61.3 Å². The molecule has 1 unspecified atom stereocenters. The molecule has 4 atom stereocenters. The average Bonchev–Trinajstić information content (AvgIpc) is 3.51. The Morgan fingerprint density at radius 3 is 2.70 bits per heavy atom. The van der Waals surface area contributed by atoms with Crippen LogP contribution in [0.3, 0.4) is 0 Å². The Bertz CT molecular complexity index is 1610. The Labute approximate surface area is 240 Å². The van der Waals surface area contributed by atoms with Crippen molar-refractivity contribution in [2.24, 2.45) is 10.9 Å². The Hall–Kier alpha value is -3.46. The summed E-state index contributed by atoms with van der Waals surface area (Å²) in [6, 6.07) is 14.0. The lowest BCUT2D eigenvalue weighted by Gasteiger charge is -2.40. The summed E-state index contributed by atoms with van der Waals surface area (Å²) in [6.45, 7) is 4.70. The number of benzene rings is 3. The van der Waals surface area contributed by atoms with Gasteiger partial charge in [0.25, 0.3) is 0 Å². The number of anilines is 2. The van der Waals surface area contributed by atoms with Crippen molar-refractivity contribution in [3.8, 4) is 0 Å². The van der Waals surface area contributed by atoms with E-state index in [0.717, 1.165) is 5.56 Å². The van der Waals surface area contributed by atoms with Crippen LogP contribution in [0.15, 0.2) is 59.6 Å². The van der Waals surface area contributed by atoms with Crippen LogP contribution in [0.2, 0.25) is 10.0 Å². The number of carbonyl (C=O) groups excluding carboxylic acids is 1. The average molecular weight is 581 g/mol. The number of fused-ring (bicyclic) bond motifs is 3. The number of nitrogen functional groups attached to an aromatic ring is 1. The predicted molar refractivity (Wildman–Crippen MR) is 154 cm³/mol. The standard InChI is InChI=1S/C30H27Cl2FN4O3/c1-14(2)13-37-24-12-22(17-8-6-15(28(38)39)10-21(17)34)35-27(24)25(18-4-3-5-20(32)26(18)33)30(37)19-9-7-16(31)11-23(19)36-29(30)40/h3-11,14,24-25,27H,12-13,34H2,1-2H3,(H,36,40)(H,38,39)/t24?,25-,27+,30+/m0/s1. The van der Waals surface area contributed by atoms with E-state index in [4.69, 9.17) is 33.9 Å². The molecule has 3 aromatic rings. The molecule has 206 valence electrons. The van der Waals surface area contributed by atoms with Gasteiger partial charge in [-0.15, -0.1) is 0 Å². The van der Waals surface area contributed by atoms with Crippen LogP contribution in [0.4, 0.5) is 15.8 Å². The number of likely N-dealkylation sites (tertiary alicyclic amines) is 1. The molecular formula is C30H27Cl2FN4O3. The number of nitrogens with two attached hydrogens (primary N) is 1. The lowest BCUT2D eigenvalue weighted by atomic mass is 9.73. The number of amides is 1. The Morgan fingerprint density at radius 1 is 1.23 bits per heavy atom. The molecule has 4 N–H and O–H groups in total. The van der Waals surface area contributed by atoms with Gasteiger partial charge in [0.1, 0.15) is 11.4 Å². The number of nitrogens with zero attached hydrogens (tertiary/aromatic N) is 2. The number of halogens is 3. The number of hydrogen-bond acceptors (Lipinski definition) is 5. The van der Waals surface area contributed by atoms with Crippen LogP contribution in [-0.2, 0) is 10.3 Å². The van der Waals surface area contributed by atoms with Crippen LogP contribution in [0, 0.1) is 11.7 Å². The molecule has 40 heavy (non-hydrogen) atoms. The van der Waals surface area contributed by atoms with Crippen molar-refractivity contribution in [1.29, 1.82) is 0 Å². The zero-order valence-corrected chi connectivity index (χ0v) is 23.3. The first-order valence-corrected chi connectivity index (χ1v) is 13.8. The zero-order chi connectivity index (χ0) is 28.5. The summed E-state index contributed by atoms with van der Waals surface area (Å²) < 4.78 is 15.9. The molecule has 3 heterocycles. The first-order chi connectivity index (χ1) is 19.0. The first-order valence-electron chi connectivity index (χ1n) is 13.1. The summed E-state index contributed by atoms with van der Waals surface area (Å²) in [5.41, 5.74) is 8.38. The van der Waals surface area contributed by atoms with Gasteiger partial charge < -0.3 is 16.2 Å². The summed E-state index contributed by atoms with van der Waals surface area (Å²) in [7, 11) is 0. The third kappa shape index (κ3) is 3.84. The van der Waals surface area contributed by atoms with E-state index in [1.807, 2.05) is 6.07 Å². The number of aliphatic imine (C=N–C) groups is 1. The molecule has 0 saturated carbocycles. The predicted octanol–water partition coefficient (Wildman–Crippen LogP) is 5.95. The third-order valence-corrected chi connectivity index (χ3v) is 8.75. The summed E-state index contributed by atoms with van der Waals surface area (Å²) in [4.78, 5) is 32.9. The van der Waals surface area contributed by atoms with E-state index in [2.05, 4.69) is 24.1 Å². The van der Waals surface area contributed by atoms with E-state index in [9.17, 15) is 14.7 Å². The van der Waals surface area contributed by atoms with Gasteiger partial charge in [0.05, 0.1) is 16.6 Å². The first kappa shape index (κ1) is 26.7. The van der Waals surface area contributed by atoms with Crippen LogP contribution in [0.5, 0.6) is 0 Å². The number of rotatable bonds is 5. The van der Waals surface area contributed by atoms with Gasteiger partial charge in [0.2, 0.25) is 5.91 Å². The fraction of sp³-hybridized carbons (Fsp3) is 0.300. The lowest BCUT2D eigenvalue weighted by Crippen LogP contribution is -2.53. The smallest absolute Gasteiger partial charge is 0.335 e. The lowest BCUT2D eigenvalue weighted by molar-refractivity contribution is -0.128. The maximum atomic E-state index is 15.9. The van der Waals surface area contributed by atoms with Gasteiger partial charge in [-0.25, -0.2) is 9.18 Å². The third-order valence-electron chi connectivity index (χ3n) is 8.22. The highest BCUT2D eigenvalue weighted by molar-refractivity contribution is 6.31. The fourth-order valence-corrected chi connectivity index (χ4v) is 7.14. The molecular weight excluding hydrogens is 554 g/mol. The van der Waals surface area contributed by atoms with E-state index >= 15 is 4.39 Å². The van der Waals surface area contributed by atoms with Crippen molar-refractivity contribution in [3.63, 3.8) is 0 Å². The van der Waals surface area contributed by atoms with Crippen LogP contribution in [-0.4, -0.2) is 46.2 Å². The van der Waals surface area contributed by atoms with Gasteiger partial charge in [-0.2, -0.15) is 0 Å². The van der Waals surface area contributed by atoms with Crippen molar-refractivity contribution >= 4 is 52.2 Å². The van der Waals surface area contributed by atoms with Crippen molar-refractivity contribution in [2.45, 2.75) is 43.8 Å². The summed E-state index contributed by atoms with van der Waals surface area (Å²) >= 11 is 12.6. The number of nitrogens with one attached hydrogen (secondary N) is 1. The molecule has 7 nitrogen and oxygen atoms in total. The number of carboxylic acids is 1. The van der Waals surface area contributed by atoms with E-state index in [-0.39, 0.29) is 28.5 Å². The normalized spacial score (nSPS) is 25.3. The summed E-state index contributed by atoms with van der Waals surface area (Å²) in [5, 5.41) is 12.9. The van der Waals surface area contributed by atoms with Crippen LogP contribution < -0.4 is 11.1 Å². The Balaban J connectivity index is 1.59. The molecule has 1 amide bonds. The van der Waals surface area contributed by atoms with Gasteiger partial charge in [0.15, 0.2) is 0 Å². The van der Waals surface area contributed by atoms with Gasteiger partial charge in [-0.3, -0.25) is 14.7 Å². The SMILES string of the molecule is CC(C)CN1C2CC(c3ccc(C(=O)O)cc3N)=N[C@H]2[C@H](c2cccc(Cl)c2F)[C@]12C(=O)Nc1cc(Cl)ccc12. The second-order valence-electron chi connectivity index (χ2n) is 11.0. The molecule has 6 rings (SSSR count). The van der Waals surface area contributed by atoms with Gasteiger partial charge in [0, 0.05) is 58.2 Å². The minimum atomic E-state index is -1.25. The van der Waals surface area contributed by atoms with Crippen LogP contribution >= 0.6 is 23.2 Å². The molecule has 3 aliphatic rings. The maximum Gasteiger partial charge on any atom is 0.335 e. The molecule has 10 heteroatoms. The molecule has 1 fully saturated rings. The Kier molecular flexibility index (Phi) is 6.40. The molecule has 1 saturated heterocycles. The number of hydrogen-bond donors (Lipinski definition) is 3. The second kappa shape index (κ2) is 9.58. The van der Waals surface area contributed by atoms with E-state index in [1.165, 1.54) is 18.2 Å². The Morgan fingerprint density at radius 2 is 2.00 bits per heavy atom. The number of carbonyl (C=O) groups is 2. The largest absolute Gasteiger partial charge is 0.478 e. The van der Waals surface area contributed by atoms with E-state index < -0.39 is 29.3 Å². The van der Waals surface area contributed by atoms with Gasteiger partial charge >= 0.3 is 5.97 Å². The molecule has 0 aliphatic carbocycles. The number of carboxylic acid groups (broad SMARTS) is 1. The second-order valence-corrected chi connectivity index (χ2v) is 11.9. The monoisotopic (exact) mass is 580 g/mol.